The zero-order valence-corrected chi connectivity index (χ0v) is 16.2. The topological polar surface area (TPSA) is 85.8 Å². The highest BCUT2D eigenvalue weighted by Gasteiger charge is 2.36. The summed E-state index contributed by atoms with van der Waals surface area (Å²) in [4.78, 5) is 16.8. The number of nitrogens with zero attached hydrogens (tertiary/aromatic N) is 3. The molecule has 4 aromatic rings. The highest BCUT2D eigenvalue weighted by Crippen LogP contribution is 2.38. The summed E-state index contributed by atoms with van der Waals surface area (Å²) >= 11 is 0. The highest BCUT2D eigenvalue weighted by molar-refractivity contribution is 5.93. The first-order valence-corrected chi connectivity index (χ1v) is 9.43. The maximum atomic E-state index is 13.8. The predicted molar refractivity (Wildman–Crippen MR) is 111 cm³/mol. The van der Waals surface area contributed by atoms with Crippen LogP contribution in [0.2, 0.25) is 0 Å². The van der Waals surface area contributed by atoms with Crippen molar-refractivity contribution in [2.75, 3.05) is 5.73 Å². The summed E-state index contributed by atoms with van der Waals surface area (Å²) in [6.07, 6.45) is -4.66. The first kappa shape index (κ1) is 20.4. The average Bonchev–Trinajstić information content (AvgIpc) is 3.07. The molecule has 6 nitrogen and oxygen atoms in total. The van der Waals surface area contributed by atoms with Crippen LogP contribution in [0.25, 0.3) is 22.3 Å². The molecule has 2 aromatic carbocycles. The lowest BCUT2D eigenvalue weighted by atomic mass is 10.1. The number of anilines is 1. The van der Waals surface area contributed by atoms with Crippen molar-refractivity contribution in [3.05, 3.63) is 77.9 Å². The van der Waals surface area contributed by atoms with E-state index in [-0.39, 0.29) is 35.6 Å². The standard InChI is InChI=1S/C22H18F3N5O/c23-22(24,25)16-11-17(15-9-5-2-6-10-15)28-21-19(16)20(26)29-30(21)13-18(31)27-12-14-7-3-1-4-8-14/h1-11H,12-13H2,(H2,26,29)(H,27,31). The van der Waals surface area contributed by atoms with Crippen molar-refractivity contribution < 1.29 is 18.0 Å². The Hall–Kier alpha value is -3.88. The van der Waals surface area contributed by atoms with E-state index in [1.807, 2.05) is 30.3 Å². The Morgan fingerprint density at radius 1 is 1.03 bits per heavy atom. The molecule has 0 unspecified atom stereocenters. The fraction of sp³-hybridized carbons (Fsp3) is 0.136. The maximum absolute atomic E-state index is 13.8. The van der Waals surface area contributed by atoms with E-state index in [0.29, 0.717) is 5.56 Å². The van der Waals surface area contributed by atoms with Crippen LogP contribution in [0.1, 0.15) is 11.1 Å². The van der Waals surface area contributed by atoms with Crippen LogP contribution in [0, 0.1) is 0 Å². The molecule has 0 saturated carbocycles. The molecule has 0 radical (unpaired) electrons. The summed E-state index contributed by atoms with van der Waals surface area (Å²) in [5.74, 6) is -0.751. The van der Waals surface area contributed by atoms with Crippen molar-refractivity contribution in [1.82, 2.24) is 20.1 Å². The third-order valence-corrected chi connectivity index (χ3v) is 4.73. The molecule has 3 N–H and O–H groups in total. The first-order chi connectivity index (χ1) is 14.8. The number of carbonyl (C=O) groups is 1. The fourth-order valence-electron chi connectivity index (χ4n) is 3.28. The number of aromatic nitrogens is 3. The SMILES string of the molecule is Nc1nn(CC(=O)NCc2ccccc2)c2nc(-c3ccccc3)cc(C(F)(F)F)c12. The van der Waals surface area contributed by atoms with Gasteiger partial charge >= 0.3 is 6.18 Å². The number of nitrogen functional groups attached to an aromatic ring is 1. The summed E-state index contributed by atoms with van der Waals surface area (Å²) in [5, 5.41) is 6.37. The first-order valence-electron chi connectivity index (χ1n) is 9.43. The summed E-state index contributed by atoms with van der Waals surface area (Å²) < 4.78 is 42.4. The molecule has 2 heterocycles. The second kappa shape index (κ2) is 8.10. The number of halogens is 3. The van der Waals surface area contributed by atoms with E-state index >= 15 is 0 Å². The zero-order chi connectivity index (χ0) is 22.0. The lowest BCUT2D eigenvalue weighted by Gasteiger charge is -2.11. The summed E-state index contributed by atoms with van der Waals surface area (Å²) in [5.41, 5.74) is 6.28. The van der Waals surface area contributed by atoms with Gasteiger partial charge in [-0.3, -0.25) is 4.79 Å². The van der Waals surface area contributed by atoms with Gasteiger partial charge in [-0.1, -0.05) is 60.7 Å². The van der Waals surface area contributed by atoms with Gasteiger partial charge in [-0.15, -0.1) is 0 Å². The van der Waals surface area contributed by atoms with Gasteiger partial charge in [0.25, 0.3) is 0 Å². The van der Waals surface area contributed by atoms with Gasteiger partial charge in [-0.05, 0) is 11.6 Å². The molecule has 0 saturated heterocycles. The van der Waals surface area contributed by atoms with E-state index in [1.54, 1.807) is 30.3 Å². The summed E-state index contributed by atoms with van der Waals surface area (Å²) in [6, 6.07) is 18.7. The number of benzene rings is 2. The second-order valence-electron chi connectivity index (χ2n) is 6.92. The van der Waals surface area contributed by atoms with Crippen molar-refractivity contribution in [1.29, 1.82) is 0 Å². The van der Waals surface area contributed by atoms with E-state index in [4.69, 9.17) is 5.73 Å². The monoisotopic (exact) mass is 425 g/mol. The molecule has 0 fully saturated rings. The molecule has 0 aliphatic rings. The third-order valence-electron chi connectivity index (χ3n) is 4.73. The number of fused-ring (bicyclic) bond motifs is 1. The Morgan fingerprint density at radius 3 is 2.32 bits per heavy atom. The molecule has 2 aromatic heterocycles. The van der Waals surface area contributed by atoms with E-state index in [9.17, 15) is 18.0 Å². The number of amides is 1. The normalized spacial score (nSPS) is 11.6. The molecule has 4 rings (SSSR count). The number of hydrogen-bond acceptors (Lipinski definition) is 4. The van der Waals surface area contributed by atoms with Gasteiger partial charge in [-0.2, -0.15) is 18.3 Å². The molecule has 158 valence electrons. The Morgan fingerprint density at radius 2 is 1.68 bits per heavy atom. The van der Waals surface area contributed by atoms with Gasteiger partial charge in [0.2, 0.25) is 5.91 Å². The number of carbonyl (C=O) groups excluding carboxylic acids is 1. The van der Waals surface area contributed by atoms with Crippen LogP contribution in [0.4, 0.5) is 19.0 Å². The fourth-order valence-corrected chi connectivity index (χ4v) is 3.28. The van der Waals surface area contributed by atoms with Crippen molar-refractivity contribution in [3.63, 3.8) is 0 Å². The number of rotatable bonds is 5. The van der Waals surface area contributed by atoms with E-state index in [1.165, 1.54) is 0 Å². The highest BCUT2D eigenvalue weighted by atomic mass is 19.4. The van der Waals surface area contributed by atoms with E-state index < -0.39 is 17.6 Å². The van der Waals surface area contributed by atoms with Gasteiger partial charge in [0, 0.05) is 12.1 Å². The minimum Gasteiger partial charge on any atom is -0.382 e. The Labute approximate surface area is 175 Å². The van der Waals surface area contributed by atoms with Gasteiger partial charge in [-0.25, -0.2) is 9.67 Å². The van der Waals surface area contributed by atoms with Crippen molar-refractivity contribution in [3.8, 4) is 11.3 Å². The molecule has 31 heavy (non-hydrogen) atoms. The van der Waals surface area contributed by atoms with E-state index in [0.717, 1.165) is 16.3 Å². The van der Waals surface area contributed by atoms with Gasteiger partial charge < -0.3 is 11.1 Å². The quantitative estimate of drug-likeness (QED) is 0.506. The van der Waals surface area contributed by atoms with Gasteiger partial charge in [0.1, 0.15) is 6.54 Å². The number of nitrogens with one attached hydrogen (secondary N) is 1. The molecule has 0 aliphatic heterocycles. The minimum absolute atomic E-state index is 0.0963. The van der Waals surface area contributed by atoms with Crippen LogP contribution >= 0.6 is 0 Å². The Balaban J connectivity index is 1.71. The predicted octanol–water partition coefficient (Wildman–Crippen LogP) is 4.02. The van der Waals surface area contributed by atoms with Gasteiger partial charge in [0.05, 0.1) is 16.6 Å². The van der Waals surface area contributed by atoms with Crippen LogP contribution in [-0.4, -0.2) is 20.7 Å². The maximum Gasteiger partial charge on any atom is 0.417 e. The summed E-state index contributed by atoms with van der Waals surface area (Å²) in [7, 11) is 0. The molecule has 9 heteroatoms. The van der Waals surface area contributed by atoms with Gasteiger partial charge in [0.15, 0.2) is 11.5 Å². The molecule has 0 spiro atoms. The van der Waals surface area contributed by atoms with Crippen LogP contribution < -0.4 is 11.1 Å². The van der Waals surface area contributed by atoms with E-state index in [2.05, 4.69) is 15.4 Å². The van der Waals surface area contributed by atoms with Crippen LogP contribution in [0.15, 0.2) is 66.7 Å². The molecule has 0 atom stereocenters. The number of alkyl halides is 3. The molecule has 0 aliphatic carbocycles. The van der Waals surface area contributed by atoms with Crippen molar-refractivity contribution in [2.45, 2.75) is 19.3 Å². The molecular formula is C22H18F3N5O. The smallest absolute Gasteiger partial charge is 0.382 e. The van der Waals surface area contributed by atoms with Crippen LogP contribution in [-0.2, 0) is 24.1 Å². The average molecular weight is 425 g/mol. The van der Waals surface area contributed by atoms with Crippen molar-refractivity contribution in [2.24, 2.45) is 0 Å². The van der Waals surface area contributed by atoms with Crippen LogP contribution in [0.3, 0.4) is 0 Å². The molecular weight excluding hydrogens is 407 g/mol. The number of hydrogen-bond donors (Lipinski definition) is 2. The largest absolute Gasteiger partial charge is 0.417 e. The zero-order valence-electron chi connectivity index (χ0n) is 16.2. The molecule has 0 bridgehead atoms. The Bertz CT molecular complexity index is 1220. The summed E-state index contributed by atoms with van der Waals surface area (Å²) in [6.45, 7) is -0.0338. The number of pyridine rings is 1. The lowest BCUT2D eigenvalue weighted by Crippen LogP contribution is -2.27. The van der Waals surface area contributed by atoms with Crippen molar-refractivity contribution >= 4 is 22.8 Å². The third kappa shape index (κ3) is 4.35. The minimum atomic E-state index is -4.66. The number of nitrogens with two attached hydrogens (primary N) is 1. The molecule has 1 amide bonds. The second-order valence-corrected chi connectivity index (χ2v) is 6.92. The Kier molecular flexibility index (Phi) is 5.33. The van der Waals surface area contributed by atoms with Crippen LogP contribution in [0.5, 0.6) is 0 Å². The lowest BCUT2D eigenvalue weighted by molar-refractivity contribution is -0.136.